The monoisotopic (exact) mass is 209 g/mol. The molecule has 4 nitrogen and oxygen atoms in total. The van der Waals surface area contributed by atoms with E-state index in [0.717, 1.165) is 18.4 Å². The lowest BCUT2D eigenvalue weighted by Crippen LogP contribution is -2.22. The average Bonchev–Trinajstić information content (AvgIpc) is 2.61. The molecule has 0 aromatic carbocycles. The molecule has 0 aliphatic rings. The SMILES string of the molecule is CCC(N)CC(=O)CCc1cnn(C)c1. The standard InChI is InChI=1S/C11H19N3O/c1-3-10(12)6-11(15)5-4-9-7-13-14(2)8-9/h7-8,10H,3-6,12H2,1-2H3. The second-order valence-electron chi connectivity index (χ2n) is 3.93. The van der Waals surface area contributed by atoms with Crippen LogP contribution in [-0.4, -0.2) is 21.6 Å². The number of carbonyl (C=O) groups excluding carboxylic acids is 1. The summed E-state index contributed by atoms with van der Waals surface area (Å²) < 4.78 is 1.75. The van der Waals surface area contributed by atoms with Crippen LogP contribution >= 0.6 is 0 Å². The summed E-state index contributed by atoms with van der Waals surface area (Å²) in [6.45, 7) is 2.00. The Bertz CT molecular complexity index is 319. The Morgan fingerprint density at radius 3 is 2.93 bits per heavy atom. The smallest absolute Gasteiger partial charge is 0.134 e. The maximum atomic E-state index is 11.5. The number of nitrogens with zero attached hydrogens (tertiary/aromatic N) is 2. The van der Waals surface area contributed by atoms with Crippen LogP contribution in [0.3, 0.4) is 0 Å². The van der Waals surface area contributed by atoms with Gasteiger partial charge in [-0.25, -0.2) is 0 Å². The Balaban J connectivity index is 2.28. The fourth-order valence-electron chi connectivity index (χ4n) is 1.42. The third-order valence-corrected chi connectivity index (χ3v) is 2.47. The van der Waals surface area contributed by atoms with E-state index in [4.69, 9.17) is 5.73 Å². The number of aryl methyl sites for hydroxylation is 2. The maximum absolute atomic E-state index is 11.5. The van der Waals surface area contributed by atoms with Gasteiger partial charge in [-0.1, -0.05) is 6.92 Å². The van der Waals surface area contributed by atoms with E-state index in [-0.39, 0.29) is 11.8 Å². The first-order chi connectivity index (χ1) is 7.11. The molecule has 0 saturated carbocycles. The molecule has 1 atom stereocenters. The second kappa shape index (κ2) is 5.66. The van der Waals surface area contributed by atoms with Crippen molar-refractivity contribution >= 4 is 5.78 Å². The zero-order valence-corrected chi connectivity index (χ0v) is 9.44. The fourth-order valence-corrected chi connectivity index (χ4v) is 1.42. The van der Waals surface area contributed by atoms with E-state index in [2.05, 4.69) is 5.10 Å². The molecule has 0 spiro atoms. The first kappa shape index (κ1) is 11.9. The van der Waals surface area contributed by atoms with Crippen molar-refractivity contribution in [3.8, 4) is 0 Å². The van der Waals surface area contributed by atoms with Gasteiger partial charge in [0.15, 0.2) is 0 Å². The third kappa shape index (κ3) is 4.25. The highest BCUT2D eigenvalue weighted by Crippen LogP contribution is 2.04. The summed E-state index contributed by atoms with van der Waals surface area (Å²) in [4.78, 5) is 11.5. The minimum absolute atomic E-state index is 0.0198. The van der Waals surface area contributed by atoms with Crippen LogP contribution in [0.2, 0.25) is 0 Å². The van der Waals surface area contributed by atoms with E-state index in [1.54, 1.807) is 10.9 Å². The topological polar surface area (TPSA) is 60.9 Å². The normalized spacial score (nSPS) is 12.7. The zero-order valence-electron chi connectivity index (χ0n) is 9.44. The molecule has 1 aromatic rings. The summed E-state index contributed by atoms with van der Waals surface area (Å²) in [6, 6.07) is 0.0198. The molecular weight excluding hydrogens is 190 g/mol. The summed E-state index contributed by atoms with van der Waals surface area (Å²) in [5.74, 6) is 0.244. The number of rotatable bonds is 6. The molecule has 84 valence electrons. The maximum Gasteiger partial charge on any atom is 0.134 e. The molecule has 1 unspecified atom stereocenters. The van der Waals surface area contributed by atoms with E-state index in [1.807, 2.05) is 20.2 Å². The van der Waals surface area contributed by atoms with E-state index in [9.17, 15) is 4.79 Å². The molecule has 0 amide bonds. The zero-order chi connectivity index (χ0) is 11.3. The van der Waals surface area contributed by atoms with Gasteiger partial charge in [0, 0.05) is 32.1 Å². The van der Waals surface area contributed by atoms with Crippen LogP contribution < -0.4 is 5.73 Å². The Labute approximate surface area is 90.5 Å². The Hall–Kier alpha value is -1.16. The Morgan fingerprint density at radius 1 is 1.67 bits per heavy atom. The summed E-state index contributed by atoms with van der Waals surface area (Å²) in [7, 11) is 1.87. The summed E-state index contributed by atoms with van der Waals surface area (Å²) in [5, 5.41) is 4.05. The van der Waals surface area contributed by atoms with Gasteiger partial charge < -0.3 is 5.73 Å². The van der Waals surface area contributed by atoms with Crippen LogP contribution in [0.15, 0.2) is 12.4 Å². The first-order valence-corrected chi connectivity index (χ1v) is 5.36. The number of aromatic nitrogens is 2. The van der Waals surface area contributed by atoms with Gasteiger partial charge in [0.25, 0.3) is 0 Å². The van der Waals surface area contributed by atoms with Gasteiger partial charge in [0.2, 0.25) is 0 Å². The van der Waals surface area contributed by atoms with E-state index >= 15 is 0 Å². The van der Waals surface area contributed by atoms with Gasteiger partial charge in [-0.15, -0.1) is 0 Å². The van der Waals surface area contributed by atoms with Crippen molar-refractivity contribution in [3.63, 3.8) is 0 Å². The predicted octanol–water partition coefficient (Wildman–Crippen LogP) is 1.05. The van der Waals surface area contributed by atoms with Crippen LogP contribution in [0, 0.1) is 0 Å². The van der Waals surface area contributed by atoms with Gasteiger partial charge in [0.05, 0.1) is 6.20 Å². The van der Waals surface area contributed by atoms with Crippen molar-refractivity contribution in [2.75, 3.05) is 0 Å². The minimum Gasteiger partial charge on any atom is -0.327 e. The van der Waals surface area contributed by atoms with E-state index in [1.165, 1.54) is 0 Å². The molecule has 0 aliphatic heterocycles. The van der Waals surface area contributed by atoms with Gasteiger partial charge in [-0.2, -0.15) is 5.10 Å². The van der Waals surface area contributed by atoms with Gasteiger partial charge >= 0.3 is 0 Å². The van der Waals surface area contributed by atoms with Crippen molar-refractivity contribution in [1.29, 1.82) is 0 Å². The molecule has 15 heavy (non-hydrogen) atoms. The number of carbonyl (C=O) groups is 1. The van der Waals surface area contributed by atoms with Gasteiger partial charge in [-0.05, 0) is 18.4 Å². The summed E-state index contributed by atoms with van der Waals surface area (Å²) >= 11 is 0. The van der Waals surface area contributed by atoms with Crippen molar-refractivity contribution < 1.29 is 4.79 Å². The molecule has 0 saturated heterocycles. The molecule has 0 aliphatic carbocycles. The van der Waals surface area contributed by atoms with E-state index < -0.39 is 0 Å². The molecule has 4 heteroatoms. The largest absolute Gasteiger partial charge is 0.327 e. The molecule has 2 N–H and O–H groups in total. The van der Waals surface area contributed by atoms with Crippen LogP contribution in [0.25, 0.3) is 0 Å². The van der Waals surface area contributed by atoms with Crippen LogP contribution in [-0.2, 0) is 18.3 Å². The molecule has 0 fully saturated rings. The lowest BCUT2D eigenvalue weighted by atomic mass is 10.0. The first-order valence-electron chi connectivity index (χ1n) is 5.36. The summed E-state index contributed by atoms with van der Waals surface area (Å²) in [5.41, 5.74) is 6.82. The number of hydrogen-bond donors (Lipinski definition) is 1. The molecular formula is C11H19N3O. The third-order valence-electron chi connectivity index (χ3n) is 2.47. The molecule has 1 aromatic heterocycles. The lowest BCUT2D eigenvalue weighted by Gasteiger charge is -2.06. The number of nitrogens with two attached hydrogens (primary N) is 1. The molecule has 0 radical (unpaired) electrons. The number of Topliss-reactive ketones (excluding diaryl/α,β-unsaturated/α-hetero) is 1. The Kier molecular flexibility index (Phi) is 4.49. The van der Waals surface area contributed by atoms with Crippen LogP contribution in [0.4, 0.5) is 0 Å². The fraction of sp³-hybridized carbons (Fsp3) is 0.636. The highest BCUT2D eigenvalue weighted by molar-refractivity contribution is 5.79. The van der Waals surface area contributed by atoms with Crippen molar-refractivity contribution in [2.24, 2.45) is 12.8 Å². The average molecular weight is 209 g/mol. The van der Waals surface area contributed by atoms with E-state index in [0.29, 0.717) is 12.8 Å². The quantitative estimate of drug-likeness (QED) is 0.761. The van der Waals surface area contributed by atoms with Crippen molar-refractivity contribution in [3.05, 3.63) is 18.0 Å². The van der Waals surface area contributed by atoms with Crippen molar-refractivity contribution in [2.45, 2.75) is 38.6 Å². The Morgan fingerprint density at radius 2 is 2.40 bits per heavy atom. The van der Waals surface area contributed by atoms with Crippen LogP contribution in [0.1, 0.15) is 31.7 Å². The molecule has 1 heterocycles. The van der Waals surface area contributed by atoms with Crippen LogP contribution in [0.5, 0.6) is 0 Å². The number of hydrogen-bond acceptors (Lipinski definition) is 3. The second-order valence-corrected chi connectivity index (χ2v) is 3.93. The van der Waals surface area contributed by atoms with Gasteiger partial charge in [-0.3, -0.25) is 9.48 Å². The number of ketones is 1. The highest BCUT2D eigenvalue weighted by atomic mass is 16.1. The minimum atomic E-state index is 0.0198. The lowest BCUT2D eigenvalue weighted by molar-refractivity contribution is -0.119. The highest BCUT2D eigenvalue weighted by Gasteiger charge is 2.08. The van der Waals surface area contributed by atoms with Crippen molar-refractivity contribution in [1.82, 2.24) is 9.78 Å². The van der Waals surface area contributed by atoms with Gasteiger partial charge in [0.1, 0.15) is 5.78 Å². The molecule has 0 bridgehead atoms. The molecule has 1 rings (SSSR count). The summed E-state index contributed by atoms with van der Waals surface area (Å²) in [6.07, 6.45) is 6.43. The predicted molar refractivity (Wildman–Crippen MR) is 59.4 cm³/mol.